The van der Waals surface area contributed by atoms with E-state index >= 15 is 0 Å². The Kier molecular flexibility index (Phi) is 2.62. The molecule has 1 heterocycles. The smallest absolute Gasteiger partial charge is 0.134 e. The van der Waals surface area contributed by atoms with Gasteiger partial charge in [0.2, 0.25) is 0 Å². The Balaban J connectivity index is 1.95. The van der Waals surface area contributed by atoms with Crippen LogP contribution in [0.3, 0.4) is 0 Å². The van der Waals surface area contributed by atoms with Gasteiger partial charge in [-0.05, 0) is 12.1 Å². The van der Waals surface area contributed by atoms with Crippen LogP contribution < -0.4 is 0 Å². The van der Waals surface area contributed by atoms with Crippen LogP contribution in [0.25, 0.3) is 0 Å². The summed E-state index contributed by atoms with van der Waals surface area (Å²) in [5.41, 5.74) is 1.36. The summed E-state index contributed by atoms with van der Waals surface area (Å²) in [5, 5.41) is 0. The van der Waals surface area contributed by atoms with Crippen LogP contribution in [0.5, 0.6) is 0 Å². The van der Waals surface area contributed by atoms with Crippen molar-refractivity contribution in [2.24, 2.45) is 0 Å². The number of nitrogens with zero attached hydrogens (tertiary/aromatic N) is 1. The Morgan fingerprint density at radius 1 is 1.38 bits per heavy atom. The second kappa shape index (κ2) is 3.90. The van der Waals surface area contributed by atoms with Crippen LogP contribution in [0.4, 0.5) is 0 Å². The molecule has 1 aromatic carbocycles. The molecule has 1 aliphatic rings. The van der Waals surface area contributed by atoms with Gasteiger partial charge in [0.15, 0.2) is 0 Å². The third-order valence-electron chi connectivity index (χ3n) is 2.36. The van der Waals surface area contributed by atoms with E-state index in [0.29, 0.717) is 6.23 Å². The van der Waals surface area contributed by atoms with Gasteiger partial charge in [0.1, 0.15) is 6.23 Å². The van der Waals surface area contributed by atoms with Crippen molar-refractivity contribution in [1.29, 1.82) is 0 Å². The summed E-state index contributed by atoms with van der Waals surface area (Å²) in [6, 6.07) is 10.5. The van der Waals surface area contributed by atoms with E-state index in [1.54, 1.807) is 0 Å². The highest BCUT2D eigenvalue weighted by atomic mass is 16.6. The second-order valence-electron chi connectivity index (χ2n) is 3.34. The molecule has 1 aromatic rings. The molecule has 1 saturated heterocycles. The highest BCUT2D eigenvalue weighted by molar-refractivity contribution is 5.14. The van der Waals surface area contributed by atoms with Gasteiger partial charge in [0, 0.05) is 6.54 Å². The van der Waals surface area contributed by atoms with Gasteiger partial charge in [-0.3, -0.25) is 4.90 Å². The maximum absolute atomic E-state index is 5.26. The van der Waals surface area contributed by atoms with Crippen LogP contribution in [0.2, 0.25) is 0 Å². The van der Waals surface area contributed by atoms with Crippen LogP contribution in [0, 0.1) is 0 Å². The predicted octanol–water partition coefficient (Wildman–Crippen LogP) is 1.86. The number of benzene rings is 1. The van der Waals surface area contributed by atoms with E-state index < -0.39 is 0 Å². The molecular weight excluding hydrogens is 162 g/mol. The molecule has 0 aromatic heterocycles. The number of hydrogen-bond acceptors (Lipinski definition) is 2. The van der Waals surface area contributed by atoms with Crippen LogP contribution in [0.1, 0.15) is 12.5 Å². The summed E-state index contributed by atoms with van der Waals surface area (Å²) in [4.78, 5) is 2.34. The fraction of sp³-hybridized carbons (Fsp3) is 0.455. The fourth-order valence-electron chi connectivity index (χ4n) is 1.49. The maximum atomic E-state index is 5.26. The molecular formula is C11H15NO. The zero-order chi connectivity index (χ0) is 9.10. The summed E-state index contributed by atoms with van der Waals surface area (Å²) < 4.78 is 5.26. The molecule has 1 fully saturated rings. The molecule has 2 heteroatoms. The van der Waals surface area contributed by atoms with Crippen molar-refractivity contribution in [3.05, 3.63) is 35.9 Å². The lowest BCUT2D eigenvalue weighted by Crippen LogP contribution is -2.25. The Labute approximate surface area is 79.1 Å². The molecule has 1 aliphatic heterocycles. The molecule has 0 spiro atoms. The Hall–Kier alpha value is -0.860. The molecule has 0 saturated carbocycles. The molecule has 2 rings (SSSR count). The largest absolute Gasteiger partial charge is 0.357 e. The van der Waals surface area contributed by atoms with E-state index in [0.717, 1.165) is 19.7 Å². The molecule has 1 unspecified atom stereocenters. The van der Waals surface area contributed by atoms with Gasteiger partial charge in [-0.15, -0.1) is 0 Å². The van der Waals surface area contributed by atoms with Crippen LogP contribution in [-0.2, 0) is 11.3 Å². The zero-order valence-electron chi connectivity index (χ0n) is 7.94. The molecule has 0 bridgehead atoms. The van der Waals surface area contributed by atoms with E-state index in [2.05, 4.69) is 36.1 Å². The maximum Gasteiger partial charge on any atom is 0.134 e. The first-order chi connectivity index (χ1) is 6.40. The van der Waals surface area contributed by atoms with Crippen molar-refractivity contribution in [2.75, 3.05) is 13.2 Å². The van der Waals surface area contributed by atoms with Gasteiger partial charge in [-0.2, -0.15) is 0 Å². The van der Waals surface area contributed by atoms with Crippen molar-refractivity contribution in [3.63, 3.8) is 0 Å². The Morgan fingerprint density at radius 3 is 2.62 bits per heavy atom. The molecule has 0 radical (unpaired) electrons. The fourth-order valence-corrected chi connectivity index (χ4v) is 1.49. The molecule has 70 valence electrons. The average Bonchev–Trinajstić information content (AvgIpc) is 2.99. The van der Waals surface area contributed by atoms with E-state index in [1.807, 2.05) is 6.07 Å². The SMILES string of the molecule is CCN(Cc1ccccc1)C1CO1. The molecule has 1 atom stereocenters. The first-order valence-electron chi connectivity index (χ1n) is 4.79. The molecule has 13 heavy (non-hydrogen) atoms. The van der Waals surface area contributed by atoms with Crippen LogP contribution >= 0.6 is 0 Å². The lowest BCUT2D eigenvalue weighted by Gasteiger charge is -2.17. The molecule has 0 amide bonds. The van der Waals surface area contributed by atoms with E-state index in [9.17, 15) is 0 Å². The minimum atomic E-state index is 0.380. The van der Waals surface area contributed by atoms with Gasteiger partial charge >= 0.3 is 0 Å². The van der Waals surface area contributed by atoms with Crippen LogP contribution in [-0.4, -0.2) is 24.3 Å². The molecule has 0 N–H and O–H groups in total. The van der Waals surface area contributed by atoms with Crippen LogP contribution in [0.15, 0.2) is 30.3 Å². The monoisotopic (exact) mass is 177 g/mol. The summed E-state index contributed by atoms with van der Waals surface area (Å²) in [7, 11) is 0. The average molecular weight is 177 g/mol. The lowest BCUT2D eigenvalue weighted by molar-refractivity contribution is 0.176. The van der Waals surface area contributed by atoms with Crippen molar-refractivity contribution >= 4 is 0 Å². The highest BCUT2D eigenvalue weighted by Gasteiger charge is 2.28. The molecule has 0 aliphatic carbocycles. The van der Waals surface area contributed by atoms with Gasteiger partial charge in [0.05, 0.1) is 6.61 Å². The third kappa shape index (κ3) is 2.29. The predicted molar refractivity (Wildman–Crippen MR) is 52.3 cm³/mol. The van der Waals surface area contributed by atoms with Crippen molar-refractivity contribution in [3.8, 4) is 0 Å². The lowest BCUT2D eigenvalue weighted by atomic mass is 10.2. The van der Waals surface area contributed by atoms with Crippen molar-refractivity contribution < 1.29 is 4.74 Å². The van der Waals surface area contributed by atoms with Crippen molar-refractivity contribution in [1.82, 2.24) is 4.90 Å². The summed E-state index contributed by atoms with van der Waals surface area (Å²) in [6.07, 6.45) is 0.380. The highest BCUT2D eigenvalue weighted by Crippen LogP contribution is 2.17. The van der Waals surface area contributed by atoms with E-state index in [4.69, 9.17) is 4.74 Å². The summed E-state index contributed by atoms with van der Waals surface area (Å²) >= 11 is 0. The van der Waals surface area contributed by atoms with Gasteiger partial charge in [-0.1, -0.05) is 37.3 Å². The van der Waals surface area contributed by atoms with Gasteiger partial charge in [-0.25, -0.2) is 0 Å². The third-order valence-corrected chi connectivity index (χ3v) is 2.36. The minimum absolute atomic E-state index is 0.380. The minimum Gasteiger partial charge on any atom is -0.357 e. The topological polar surface area (TPSA) is 15.8 Å². The number of epoxide rings is 1. The zero-order valence-corrected chi connectivity index (χ0v) is 7.94. The summed E-state index contributed by atoms with van der Waals surface area (Å²) in [5.74, 6) is 0. The standard InChI is InChI=1S/C11H15NO/c1-2-12(11-9-13-11)8-10-6-4-3-5-7-10/h3-7,11H,2,8-9H2,1H3. The Bertz CT molecular complexity index is 256. The number of ether oxygens (including phenoxy) is 1. The van der Waals surface area contributed by atoms with E-state index in [-0.39, 0.29) is 0 Å². The molecule has 2 nitrogen and oxygen atoms in total. The Morgan fingerprint density at radius 2 is 2.08 bits per heavy atom. The first kappa shape index (κ1) is 8.73. The quantitative estimate of drug-likeness (QED) is 0.652. The van der Waals surface area contributed by atoms with Gasteiger partial charge in [0.25, 0.3) is 0 Å². The summed E-state index contributed by atoms with van der Waals surface area (Å²) in [6.45, 7) is 5.13. The first-order valence-corrected chi connectivity index (χ1v) is 4.79. The second-order valence-corrected chi connectivity index (χ2v) is 3.34. The van der Waals surface area contributed by atoms with Crippen molar-refractivity contribution in [2.45, 2.75) is 19.7 Å². The number of rotatable bonds is 4. The normalized spacial score (nSPS) is 20.6. The number of likely N-dealkylation sites (N-methyl/N-ethyl adjacent to an activating group) is 1. The van der Waals surface area contributed by atoms with Gasteiger partial charge < -0.3 is 4.74 Å². The number of hydrogen-bond donors (Lipinski definition) is 0. The van der Waals surface area contributed by atoms with E-state index in [1.165, 1.54) is 5.56 Å².